The summed E-state index contributed by atoms with van der Waals surface area (Å²) in [4.78, 5) is 39.3. The minimum absolute atomic E-state index is 0.173. The second kappa shape index (κ2) is 11.0. The number of likely N-dealkylation sites (tertiary alicyclic amines) is 1. The van der Waals surface area contributed by atoms with Gasteiger partial charge in [0, 0.05) is 46.8 Å². The van der Waals surface area contributed by atoms with Crippen molar-refractivity contribution in [2.45, 2.75) is 39.2 Å². The molecule has 1 fully saturated rings. The highest BCUT2D eigenvalue weighted by Gasteiger charge is 2.33. The van der Waals surface area contributed by atoms with Gasteiger partial charge in [0.05, 0.1) is 12.5 Å². The van der Waals surface area contributed by atoms with Gasteiger partial charge in [0.1, 0.15) is 11.3 Å². The summed E-state index contributed by atoms with van der Waals surface area (Å²) in [5.41, 5.74) is 1.22. The molecule has 8 heteroatoms. The molecule has 1 amide bonds. The number of ether oxygens (including phenoxy) is 2. The van der Waals surface area contributed by atoms with Crippen LogP contribution in [0.25, 0.3) is 22.1 Å². The standard InChI is InChI=1S/C27H28ClNO6/c1-3-23(26(31)29-13-7-8-17(16-29)27(32)33-4-2)34-18-11-12-20-21(15-25(30)35-24(20)14-18)19-9-5-6-10-22(19)28/h5-6,9-12,14-15,17,23H,3-4,7-8,13,16H2,1-2H3/t17-,23?/m0/s1. The molecule has 1 unspecified atom stereocenters. The molecule has 1 aliphatic rings. The molecule has 2 aromatic carbocycles. The molecule has 2 atom stereocenters. The molecule has 1 aliphatic heterocycles. The van der Waals surface area contributed by atoms with Crippen molar-refractivity contribution in [2.75, 3.05) is 19.7 Å². The van der Waals surface area contributed by atoms with Gasteiger partial charge >= 0.3 is 11.6 Å². The van der Waals surface area contributed by atoms with Crippen LogP contribution >= 0.6 is 11.6 Å². The van der Waals surface area contributed by atoms with E-state index in [1.54, 1.807) is 36.1 Å². The summed E-state index contributed by atoms with van der Waals surface area (Å²) in [5, 5.41) is 1.23. The molecule has 1 aromatic heterocycles. The van der Waals surface area contributed by atoms with Crippen molar-refractivity contribution in [1.29, 1.82) is 0 Å². The molecular weight excluding hydrogens is 470 g/mol. The van der Waals surface area contributed by atoms with Crippen LogP contribution in [0, 0.1) is 5.92 Å². The van der Waals surface area contributed by atoms with Gasteiger partial charge in [-0.25, -0.2) is 4.79 Å². The minimum atomic E-state index is -0.730. The largest absolute Gasteiger partial charge is 0.480 e. The number of fused-ring (bicyclic) bond motifs is 1. The van der Waals surface area contributed by atoms with Crippen LogP contribution in [-0.2, 0) is 14.3 Å². The fraction of sp³-hybridized carbons (Fsp3) is 0.370. The Labute approximate surface area is 208 Å². The first kappa shape index (κ1) is 24.8. The summed E-state index contributed by atoms with van der Waals surface area (Å²) in [5.74, 6) is -0.342. The molecule has 0 N–H and O–H groups in total. The number of nitrogens with zero attached hydrogens (tertiary/aromatic N) is 1. The molecule has 4 rings (SSSR count). The lowest BCUT2D eigenvalue weighted by Gasteiger charge is -2.33. The molecular formula is C27H28ClNO6. The molecule has 3 aromatic rings. The van der Waals surface area contributed by atoms with Gasteiger partial charge in [0.15, 0.2) is 6.10 Å². The predicted octanol–water partition coefficient (Wildman–Crippen LogP) is 5.07. The first-order valence-electron chi connectivity index (χ1n) is 11.9. The molecule has 35 heavy (non-hydrogen) atoms. The highest BCUT2D eigenvalue weighted by Crippen LogP contribution is 2.34. The smallest absolute Gasteiger partial charge is 0.336 e. The molecule has 0 spiro atoms. The second-order valence-electron chi connectivity index (χ2n) is 8.51. The average Bonchev–Trinajstić information content (AvgIpc) is 2.86. The summed E-state index contributed by atoms with van der Waals surface area (Å²) < 4.78 is 16.6. The summed E-state index contributed by atoms with van der Waals surface area (Å²) in [6.07, 6.45) is 1.16. The second-order valence-corrected chi connectivity index (χ2v) is 8.91. The zero-order chi connectivity index (χ0) is 24.9. The Morgan fingerprint density at radius 1 is 1.14 bits per heavy atom. The van der Waals surface area contributed by atoms with Crippen molar-refractivity contribution in [3.05, 3.63) is 64.0 Å². The van der Waals surface area contributed by atoms with E-state index in [0.29, 0.717) is 59.8 Å². The highest BCUT2D eigenvalue weighted by atomic mass is 35.5. The number of piperidine rings is 1. The van der Waals surface area contributed by atoms with Crippen molar-refractivity contribution in [3.63, 3.8) is 0 Å². The molecule has 1 saturated heterocycles. The fourth-order valence-corrected chi connectivity index (χ4v) is 4.66. The Morgan fingerprint density at radius 3 is 2.69 bits per heavy atom. The minimum Gasteiger partial charge on any atom is -0.480 e. The van der Waals surface area contributed by atoms with E-state index < -0.39 is 11.7 Å². The summed E-state index contributed by atoms with van der Waals surface area (Å²) in [6.45, 7) is 4.85. The van der Waals surface area contributed by atoms with Crippen LogP contribution in [0.4, 0.5) is 0 Å². The van der Waals surface area contributed by atoms with Crippen molar-refractivity contribution < 1.29 is 23.5 Å². The normalized spacial score (nSPS) is 16.7. The lowest BCUT2D eigenvalue weighted by molar-refractivity contribution is -0.152. The molecule has 0 bridgehead atoms. The van der Waals surface area contributed by atoms with Crippen LogP contribution in [0.1, 0.15) is 33.1 Å². The topological polar surface area (TPSA) is 86.0 Å². The van der Waals surface area contributed by atoms with Crippen molar-refractivity contribution >= 4 is 34.4 Å². The third-order valence-corrected chi connectivity index (χ3v) is 6.49. The number of benzene rings is 2. The van der Waals surface area contributed by atoms with Gasteiger partial charge in [0.2, 0.25) is 0 Å². The molecule has 2 heterocycles. The average molecular weight is 498 g/mol. The van der Waals surface area contributed by atoms with E-state index in [9.17, 15) is 14.4 Å². The van der Waals surface area contributed by atoms with Gasteiger partial charge < -0.3 is 18.8 Å². The van der Waals surface area contributed by atoms with E-state index in [4.69, 9.17) is 25.5 Å². The third kappa shape index (κ3) is 5.51. The number of carbonyl (C=O) groups is 2. The molecule has 7 nitrogen and oxygen atoms in total. The van der Waals surface area contributed by atoms with E-state index in [1.807, 2.05) is 25.1 Å². The van der Waals surface area contributed by atoms with Crippen LogP contribution < -0.4 is 10.4 Å². The molecule has 184 valence electrons. The maximum absolute atomic E-state index is 13.2. The van der Waals surface area contributed by atoms with Crippen LogP contribution in [0.5, 0.6) is 5.75 Å². The Morgan fingerprint density at radius 2 is 1.94 bits per heavy atom. The van der Waals surface area contributed by atoms with Gasteiger partial charge in [-0.3, -0.25) is 9.59 Å². The Kier molecular flexibility index (Phi) is 7.76. The zero-order valence-corrected chi connectivity index (χ0v) is 20.5. The monoisotopic (exact) mass is 497 g/mol. The van der Waals surface area contributed by atoms with Crippen molar-refractivity contribution in [1.82, 2.24) is 4.90 Å². The van der Waals surface area contributed by atoms with Crippen LogP contribution in [0.2, 0.25) is 5.02 Å². The molecule has 0 saturated carbocycles. The number of halogens is 1. The quantitative estimate of drug-likeness (QED) is 0.334. The van der Waals surface area contributed by atoms with Crippen LogP contribution in [-0.4, -0.2) is 42.6 Å². The summed E-state index contributed by atoms with van der Waals surface area (Å²) >= 11 is 6.36. The van der Waals surface area contributed by atoms with Crippen molar-refractivity contribution in [2.24, 2.45) is 5.92 Å². The maximum atomic E-state index is 13.2. The van der Waals surface area contributed by atoms with E-state index in [2.05, 4.69) is 0 Å². The van der Waals surface area contributed by atoms with Crippen molar-refractivity contribution in [3.8, 4) is 16.9 Å². The van der Waals surface area contributed by atoms with Crippen LogP contribution in [0.15, 0.2) is 57.7 Å². The van der Waals surface area contributed by atoms with E-state index in [-0.39, 0.29) is 17.8 Å². The SMILES string of the molecule is CCOC(=O)[C@H]1CCCN(C(=O)C(CC)Oc2ccc3c(-c4ccccc4Cl)cc(=O)oc3c2)C1. The van der Waals surface area contributed by atoms with E-state index >= 15 is 0 Å². The highest BCUT2D eigenvalue weighted by molar-refractivity contribution is 6.33. The first-order valence-corrected chi connectivity index (χ1v) is 12.2. The van der Waals surface area contributed by atoms with Gasteiger partial charge in [-0.05, 0) is 44.4 Å². The lowest BCUT2D eigenvalue weighted by Crippen LogP contribution is -2.48. The number of amides is 1. The number of carbonyl (C=O) groups excluding carboxylic acids is 2. The Hall–Kier alpha value is -3.32. The molecule has 0 radical (unpaired) electrons. The Bertz CT molecular complexity index is 1290. The van der Waals surface area contributed by atoms with Gasteiger partial charge in [-0.2, -0.15) is 0 Å². The Balaban J connectivity index is 1.56. The first-order chi connectivity index (χ1) is 16.9. The third-order valence-electron chi connectivity index (χ3n) is 6.16. The predicted molar refractivity (Wildman–Crippen MR) is 134 cm³/mol. The number of esters is 1. The number of hydrogen-bond donors (Lipinski definition) is 0. The van der Waals surface area contributed by atoms with E-state index in [1.165, 1.54) is 6.07 Å². The number of hydrogen-bond acceptors (Lipinski definition) is 6. The summed E-state index contributed by atoms with van der Waals surface area (Å²) in [7, 11) is 0. The van der Waals surface area contributed by atoms with Gasteiger partial charge in [0.25, 0.3) is 5.91 Å². The van der Waals surface area contributed by atoms with E-state index in [0.717, 1.165) is 12.0 Å². The number of rotatable bonds is 7. The van der Waals surface area contributed by atoms with Crippen LogP contribution in [0.3, 0.4) is 0 Å². The molecule has 0 aliphatic carbocycles. The maximum Gasteiger partial charge on any atom is 0.336 e. The lowest BCUT2D eigenvalue weighted by atomic mass is 9.97. The fourth-order valence-electron chi connectivity index (χ4n) is 4.42. The zero-order valence-electron chi connectivity index (χ0n) is 19.8. The summed E-state index contributed by atoms with van der Waals surface area (Å²) in [6, 6.07) is 13.9. The van der Waals surface area contributed by atoms with Gasteiger partial charge in [-0.15, -0.1) is 0 Å². The van der Waals surface area contributed by atoms with Gasteiger partial charge in [-0.1, -0.05) is 36.7 Å².